The first-order chi connectivity index (χ1) is 9.15. The van der Waals surface area contributed by atoms with E-state index in [0.29, 0.717) is 19.0 Å². The van der Waals surface area contributed by atoms with Gasteiger partial charge in [0.1, 0.15) is 0 Å². The van der Waals surface area contributed by atoms with Crippen molar-refractivity contribution >= 4 is 18.3 Å². The Morgan fingerprint density at radius 3 is 2.75 bits per heavy atom. The zero-order valence-electron chi connectivity index (χ0n) is 11.9. The van der Waals surface area contributed by atoms with Gasteiger partial charge >= 0.3 is 0 Å². The highest BCUT2D eigenvalue weighted by molar-refractivity contribution is 5.85. The molecule has 0 spiro atoms. The van der Waals surface area contributed by atoms with Crippen LogP contribution in [0.2, 0.25) is 0 Å². The molecule has 1 aliphatic rings. The van der Waals surface area contributed by atoms with Gasteiger partial charge in [-0.3, -0.25) is 9.69 Å². The van der Waals surface area contributed by atoms with Gasteiger partial charge < -0.3 is 11.1 Å². The molecule has 0 bridgehead atoms. The molecule has 3 N–H and O–H groups in total. The van der Waals surface area contributed by atoms with Gasteiger partial charge in [-0.15, -0.1) is 12.4 Å². The smallest absolute Gasteiger partial charge is 0.234 e. The maximum atomic E-state index is 11.9. The van der Waals surface area contributed by atoms with Crippen molar-refractivity contribution in [3.8, 4) is 0 Å². The van der Waals surface area contributed by atoms with E-state index in [9.17, 15) is 4.79 Å². The summed E-state index contributed by atoms with van der Waals surface area (Å²) in [6, 6.07) is 10.3. The number of hydrogen-bond acceptors (Lipinski definition) is 3. The second kappa shape index (κ2) is 8.25. The lowest BCUT2D eigenvalue weighted by atomic mass is 9.95. The zero-order valence-corrected chi connectivity index (χ0v) is 12.7. The van der Waals surface area contributed by atoms with Crippen LogP contribution < -0.4 is 11.1 Å². The second-order valence-electron chi connectivity index (χ2n) is 5.43. The molecule has 1 aliphatic heterocycles. The predicted molar refractivity (Wildman–Crippen MR) is 83.7 cm³/mol. The number of nitrogens with two attached hydrogens (primary N) is 1. The Kier molecular flexibility index (Phi) is 6.99. The van der Waals surface area contributed by atoms with E-state index in [0.717, 1.165) is 25.1 Å². The molecule has 1 aromatic rings. The fraction of sp³-hybridized carbons (Fsp3) is 0.533. The van der Waals surface area contributed by atoms with Crippen LogP contribution in [0.1, 0.15) is 18.9 Å². The van der Waals surface area contributed by atoms with Crippen LogP contribution in [0.4, 0.5) is 0 Å². The maximum Gasteiger partial charge on any atom is 0.234 e. The van der Waals surface area contributed by atoms with E-state index in [-0.39, 0.29) is 24.4 Å². The molecule has 0 aliphatic carbocycles. The number of hydrogen-bond donors (Lipinski definition) is 2. The van der Waals surface area contributed by atoms with E-state index in [2.05, 4.69) is 17.1 Å². The van der Waals surface area contributed by atoms with Crippen LogP contribution in [0.5, 0.6) is 0 Å². The van der Waals surface area contributed by atoms with Crippen LogP contribution in [0.3, 0.4) is 0 Å². The SMILES string of the molecule is CC1CN(CC(=O)NCc2ccccc2)CCC1N.Cl. The van der Waals surface area contributed by atoms with Crippen molar-refractivity contribution in [3.05, 3.63) is 35.9 Å². The van der Waals surface area contributed by atoms with Gasteiger partial charge in [0.2, 0.25) is 5.91 Å². The van der Waals surface area contributed by atoms with E-state index in [4.69, 9.17) is 5.73 Å². The van der Waals surface area contributed by atoms with Gasteiger partial charge in [0, 0.05) is 25.7 Å². The van der Waals surface area contributed by atoms with E-state index >= 15 is 0 Å². The summed E-state index contributed by atoms with van der Waals surface area (Å²) < 4.78 is 0. The first-order valence-electron chi connectivity index (χ1n) is 6.93. The van der Waals surface area contributed by atoms with Crippen LogP contribution in [-0.2, 0) is 11.3 Å². The van der Waals surface area contributed by atoms with Crippen molar-refractivity contribution in [1.82, 2.24) is 10.2 Å². The van der Waals surface area contributed by atoms with Crippen LogP contribution in [0, 0.1) is 5.92 Å². The summed E-state index contributed by atoms with van der Waals surface area (Å²) in [6.45, 7) is 5.06. The number of carbonyl (C=O) groups excluding carboxylic acids is 1. The Morgan fingerprint density at radius 1 is 1.40 bits per heavy atom. The molecule has 5 heteroatoms. The molecule has 2 unspecified atom stereocenters. The van der Waals surface area contributed by atoms with Gasteiger partial charge in [-0.05, 0) is 17.9 Å². The molecule has 20 heavy (non-hydrogen) atoms. The van der Waals surface area contributed by atoms with Crippen LogP contribution in [0.15, 0.2) is 30.3 Å². The average Bonchev–Trinajstić information content (AvgIpc) is 2.42. The highest BCUT2D eigenvalue weighted by Crippen LogP contribution is 2.14. The van der Waals surface area contributed by atoms with Crippen molar-refractivity contribution < 1.29 is 4.79 Å². The fourth-order valence-electron chi connectivity index (χ4n) is 2.45. The number of carbonyl (C=O) groups is 1. The first kappa shape index (κ1) is 17.0. The van der Waals surface area contributed by atoms with E-state index in [1.54, 1.807) is 0 Å². The van der Waals surface area contributed by atoms with E-state index < -0.39 is 0 Å². The van der Waals surface area contributed by atoms with Gasteiger partial charge in [0.15, 0.2) is 0 Å². The summed E-state index contributed by atoms with van der Waals surface area (Å²) in [7, 11) is 0. The van der Waals surface area contributed by atoms with Gasteiger partial charge in [0.05, 0.1) is 6.54 Å². The number of nitrogens with one attached hydrogen (secondary N) is 1. The van der Waals surface area contributed by atoms with Gasteiger partial charge in [0.25, 0.3) is 0 Å². The summed E-state index contributed by atoms with van der Waals surface area (Å²) in [6.07, 6.45) is 0.979. The summed E-state index contributed by atoms with van der Waals surface area (Å²) in [4.78, 5) is 14.1. The molecule has 1 heterocycles. The van der Waals surface area contributed by atoms with E-state index in [1.165, 1.54) is 0 Å². The van der Waals surface area contributed by atoms with Crippen molar-refractivity contribution in [2.24, 2.45) is 11.7 Å². The van der Waals surface area contributed by atoms with Gasteiger partial charge in [-0.1, -0.05) is 37.3 Å². The standard InChI is InChI=1S/C15H23N3O.ClH/c1-12-10-18(8-7-14(12)16)11-15(19)17-9-13-5-3-2-4-6-13;/h2-6,12,14H,7-11,16H2,1H3,(H,17,19);1H. The Hall–Kier alpha value is -1.10. The number of nitrogens with zero attached hydrogens (tertiary/aromatic N) is 1. The number of rotatable bonds is 4. The number of piperidine rings is 1. The number of benzene rings is 1. The summed E-state index contributed by atoms with van der Waals surface area (Å²) >= 11 is 0. The largest absolute Gasteiger partial charge is 0.351 e. The van der Waals surface area contributed by atoms with Crippen molar-refractivity contribution in [1.29, 1.82) is 0 Å². The van der Waals surface area contributed by atoms with Crippen molar-refractivity contribution in [2.45, 2.75) is 25.9 Å². The Balaban J connectivity index is 0.00000200. The average molecular weight is 298 g/mol. The van der Waals surface area contributed by atoms with Gasteiger partial charge in [-0.2, -0.15) is 0 Å². The minimum atomic E-state index is 0. The minimum absolute atomic E-state index is 0. The van der Waals surface area contributed by atoms with Gasteiger partial charge in [-0.25, -0.2) is 0 Å². The molecule has 0 aromatic heterocycles. The molecular weight excluding hydrogens is 274 g/mol. The fourth-order valence-corrected chi connectivity index (χ4v) is 2.45. The summed E-state index contributed by atoms with van der Waals surface area (Å²) in [5.41, 5.74) is 7.11. The molecule has 1 saturated heterocycles. The van der Waals surface area contributed by atoms with Crippen molar-refractivity contribution in [2.75, 3.05) is 19.6 Å². The lowest BCUT2D eigenvalue weighted by Crippen LogP contribution is -2.48. The molecule has 2 rings (SSSR count). The summed E-state index contributed by atoms with van der Waals surface area (Å²) in [5.74, 6) is 0.558. The zero-order chi connectivity index (χ0) is 13.7. The number of halogens is 1. The minimum Gasteiger partial charge on any atom is -0.351 e. The quantitative estimate of drug-likeness (QED) is 0.883. The molecule has 0 saturated carbocycles. The highest BCUT2D eigenvalue weighted by Gasteiger charge is 2.24. The lowest BCUT2D eigenvalue weighted by molar-refractivity contribution is -0.122. The van der Waals surface area contributed by atoms with E-state index in [1.807, 2.05) is 30.3 Å². The maximum absolute atomic E-state index is 11.9. The summed E-state index contributed by atoms with van der Waals surface area (Å²) in [5, 5.41) is 2.96. The van der Waals surface area contributed by atoms with Crippen molar-refractivity contribution in [3.63, 3.8) is 0 Å². The number of likely N-dealkylation sites (tertiary alicyclic amines) is 1. The Morgan fingerprint density at radius 2 is 2.10 bits per heavy atom. The van der Waals surface area contributed by atoms with Crippen LogP contribution >= 0.6 is 12.4 Å². The first-order valence-corrected chi connectivity index (χ1v) is 6.93. The normalized spacial score (nSPS) is 22.9. The molecule has 1 fully saturated rings. The third-order valence-corrected chi connectivity index (χ3v) is 3.76. The Labute approximate surface area is 127 Å². The molecule has 2 atom stereocenters. The Bertz CT molecular complexity index is 413. The molecule has 1 aromatic carbocycles. The monoisotopic (exact) mass is 297 g/mol. The topological polar surface area (TPSA) is 58.4 Å². The third kappa shape index (κ3) is 5.12. The lowest BCUT2D eigenvalue weighted by Gasteiger charge is -2.34. The van der Waals surface area contributed by atoms with Crippen LogP contribution in [-0.4, -0.2) is 36.5 Å². The molecule has 0 radical (unpaired) electrons. The molecular formula is C15H24ClN3O. The molecule has 4 nitrogen and oxygen atoms in total. The molecule has 112 valence electrons. The van der Waals surface area contributed by atoms with Crippen LogP contribution in [0.25, 0.3) is 0 Å². The number of amides is 1. The third-order valence-electron chi connectivity index (χ3n) is 3.76. The predicted octanol–water partition coefficient (Wildman–Crippen LogP) is 1.39. The molecule has 1 amide bonds. The highest BCUT2D eigenvalue weighted by atomic mass is 35.5. The second-order valence-corrected chi connectivity index (χ2v) is 5.43.